The maximum atomic E-state index is 6.23. The first kappa shape index (κ1) is 24.3. The van der Waals surface area contributed by atoms with Gasteiger partial charge in [-0.2, -0.15) is 0 Å². The minimum atomic E-state index is 0.568. The molecule has 3 aliphatic carbocycles. The first-order valence-corrected chi connectivity index (χ1v) is 13.1. The number of nitrogens with zero attached hydrogens (tertiary/aromatic N) is 1. The van der Waals surface area contributed by atoms with Crippen molar-refractivity contribution in [1.29, 1.82) is 0 Å². The van der Waals surface area contributed by atoms with E-state index in [2.05, 4.69) is 35.8 Å². The van der Waals surface area contributed by atoms with E-state index in [0.717, 1.165) is 90.8 Å². The van der Waals surface area contributed by atoms with E-state index < -0.39 is 0 Å². The smallest absolute Gasteiger partial charge is 0.161 e. The summed E-state index contributed by atoms with van der Waals surface area (Å²) in [7, 11) is 3.37. The molecule has 1 unspecified atom stereocenters. The van der Waals surface area contributed by atoms with Crippen molar-refractivity contribution in [3.8, 4) is 11.5 Å². The van der Waals surface area contributed by atoms with Gasteiger partial charge in [0, 0.05) is 16.6 Å². The molecule has 0 spiro atoms. The van der Waals surface area contributed by atoms with Gasteiger partial charge in [0.2, 0.25) is 0 Å². The molecule has 3 atom stereocenters. The van der Waals surface area contributed by atoms with E-state index in [1.54, 1.807) is 14.2 Å². The van der Waals surface area contributed by atoms with Crippen molar-refractivity contribution in [2.45, 2.75) is 46.1 Å². The molecule has 180 valence electrons. The molecule has 4 fully saturated rings. The third kappa shape index (κ3) is 4.98. The summed E-state index contributed by atoms with van der Waals surface area (Å²) >= 11 is 3.75. The van der Waals surface area contributed by atoms with Crippen LogP contribution < -0.4 is 9.47 Å². The van der Waals surface area contributed by atoms with Crippen molar-refractivity contribution < 1.29 is 23.4 Å². The standard InChI is InChI=1S/C26H41BrNO4/c1-26(2)21-6-5-19(22(26)16-21)7-11-31-12-8-28(9-13-32-14-10-28)18-20-15-24(29-3)25(30-4)17-23(20)27/h15,17,19,21-22H,5-14,16,18H2,1-4H3/q+1/t19?,21-,22-/m1/s1. The minimum Gasteiger partial charge on any atom is -0.493 e. The fourth-order valence-corrected chi connectivity index (χ4v) is 6.92. The van der Waals surface area contributed by atoms with Crippen LogP contribution in [-0.2, 0) is 16.0 Å². The zero-order valence-corrected chi connectivity index (χ0v) is 21.9. The van der Waals surface area contributed by atoms with Crippen LogP contribution in [0.4, 0.5) is 0 Å². The average Bonchev–Trinajstić information content (AvgIpc) is 2.80. The zero-order chi connectivity index (χ0) is 22.8. The van der Waals surface area contributed by atoms with E-state index >= 15 is 0 Å². The lowest BCUT2D eigenvalue weighted by Gasteiger charge is -2.60. The number of benzene rings is 1. The Morgan fingerprint density at radius 1 is 1.06 bits per heavy atom. The van der Waals surface area contributed by atoms with Crippen LogP contribution in [0, 0.1) is 23.2 Å². The number of ether oxygens (including phenoxy) is 4. The van der Waals surface area contributed by atoms with E-state index in [4.69, 9.17) is 18.9 Å². The van der Waals surface area contributed by atoms with Gasteiger partial charge in [0.05, 0.1) is 34.0 Å². The Morgan fingerprint density at radius 3 is 2.44 bits per heavy atom. The van der Waals surface area contributed by atoms with Gasteiger partial charge in [-0.05, 0) is 61.0 Å². The molecule has 6 heteroatoms. The number of morpholine rings is 1. The highest BCUT2D eigenvalue weighted by Gasteiger charge is 2.53. The lowest BCUT2D eigenvalue weighted by atomic mass is 9.45. The molecule has 0 aromatic heterocycles. The van der Waals surface area contributed by atoms with Crippen LogP contribution in [0.25, 0.3) is 0 Å². The molecule has 1 aliphatic heterocycles. The van der Waals surface area contributed by atoms with Crippen LogP contribution in [-0.4, -0.2) is 64.8 Å². The van der Waals surface area contributed by atoms with Crippen molar-refractivity contribution in [2.75, 3.05) is 60.3 Å². The molecular weight excluding hydrogens is 470 g/mol. The summed E-state index contributed by atoms with van der Waals surface area (Å²) in [5, 5.41) is 0. The van der Waals surface area contributed by atoms with Gasteiger partial charge in [0.15, 0.2) is 11.5 Å². The molecule has 2 bridgehead atoms. The molecule has 0 N–H and O–H groups in total. The second kappa shape index (κ2) is 10.2. The number of hydrogen-bond donors (Lipinski definition) is 0. The summed E-state index contributed by atoms with van der Waals surface area (Å²) in [6.45, 7) is 12.3. The van der Waals surface area contributed by atoms with Crippen LogP contribution >= 0.6 is 15.9 Å². The van der Waals surface area contributed by atoms with Crippen molar-refractivity contribution in [3.63, 3.8) is 0 Å². The number of hydrogen-bond acceptors (Lipinski definition) is 4. The highest BCUT2D eigenvalue weighted by molar-refractivity contribution is 9.10. The van der Waals surface area contributed by atoms with Gasteiger partial charge in [-0.1, -0.05) is 29.8 Å². The van der Waals surface area contributed by atoms with Crippen molar-refractivity contribution in [1.82, 2.24) is 0 Å². The third-order valence-electron chi connectivity index (χ3n) is 8.82. The fraction of sp³-hybridized carbons (Fsp3) is 0.769. The Kier molecular flexibility index (Phi) is 7.75. The van der Waals surface area contributed by atoms with Crippen LogP contribution in [0.3, 0.4) is 0 Å². The third-order valence-corrected chi connectivity index (χ3v) is 9.56. The van der Waals surface area contributed by atoms with Crippen molar-refractivity contribution in [2.24, 2.45) is 23.2 Å². The minimum absolute atomic E-state index is 0.568. The summed E-state index contributed by atoms with van der Waals surface area (Å²) < 4.78 is 25.0. The van der Waals surface area contributed by atoms with Crippen LogP contribution in [0.15, 0.2) is 16.6 Å². The van der Waals surface area contributed by atoms with E-state index in [1.165, 1.54) is 31.2 Å². The number of quaternary nitrogens is 1. The first-order valence-electron chi connectivity index (χ1n) is 12.3. The maximum absolute atomic E-state index is 6.23. The van der Waals surface area contributed by atoms with E-state index in [0.29, 0.717) is 5.41 Å². The van der Waals surface area contributed by atoms with Gasteiger partial charge >= 0.3 is 0 Å². The Hall–Kier alpha value is -0.820. The largest absolute Gasteiger partial charge is 0.493 e. The van der Waals surface area contributed by atoms with Gasteiger partial charge in [0.1, 0.15) is 26.2 Å². The predicted molar refractivity (Wildman–Crippen MR) is 130 cm³/mol. The second-order valence-corrected chi connectivity index (χ2v) is 11.5. The summed E-state index contributed by atoms with van der Waals surface area (Å²) in [6.07, 6.45) is 5.52. The molecule has 5 rings (SSSR count). The lowest BCUT2D eigenvalue weighted by molar-refractivity contribution is -0.947. The topological polar surface area (TPSA) is 36.9 Å². The van der Waals surface area contributed by atoms with Crippen molar-refractivity contribution in [3.05, 3.63) is 22.2 Å². The van der Waals surface area contributed by atoms with E-state index in [-0.39, 0.29) is 0 Å². The molecule has 1 aromatic carbocycles. The van der Waals surface area contributed by atoms with Gasteiger partial charge in [-0.15, -0.1) is 0 Å². The first-order chi connectivity index (χ1) is 15.4. The molecular formula is C26H41BrNO4+. The molecule has 4 aliphatic rings. The average molecular weight is 512 g/mol. The molecule has 1 heterocycles. The Balaban J connectivity index is 1.32. The summed E-state index contributed by atoms with van der Waals surface area (Å²) in [5.41, 5.74) is 1.81. The Bertz CT molecular complexity index is 775. The zero-order valence-electron chi connectivity index (χ0n) is 20.3. The van der Waals surface area contributed by atoms with Crippen LogP contribution in [0.1, 0.15) is 45.1 Å². The normalized spacial score (nSPS) is 28.1. The number of rotatable bonds is 10. The summed E-state index contributed by atoms with van der Waals surface area (Å²) in [6, 6.07) is 4.12. The van der Waals surface area contributed by atoms with Gasteiger partial charge in [0.25, 0.3) is 0 Å². The van der Waals surface area contributed by atoms with E-state index in [9.17, 15) is 0 Å². The predicted octanol–water partition coefficient (Wildman–Crippen LogP) is 5.29. The fourth-order valence-electron chi connectivity index (χ4n) is 6.47. The monoisotopic (exact) mass is 510 g/mol. The summed E-state index contributed by atoms with van der Waals surface area (Å²) in [4.78, 5) is 0. The quantitative estimate of drug-likeness (QED) is 0.316. The molecule has 5 nitrogen and oxygen atoms in total. The highest BCUT2D eigenvalue weighted by atomic mass is 79.9. The number of methoxy groups -OCH3 is 2. The number of fused-ring (bicyclic) bond motifs is 2. The Labute approximate surface area is 202 Å². The number of halogens is 1. The molecule has 0 radical (unpaired) electrons. The van der Waals surface area contributed by atoms with E-state index in [1.807, 2.05) is 6.07 Å². The van der Waals surface area contributed by atoms with Crippen LogP contribution in [0.2, 0.25) is 0 Å². The maximum Gasteiger partial charge on any atom is 0.161 e. The summed E-state index contributed by atoms with van der Waals surface area (Å²) in [5.74, 6) is 4.30. The molecule has 1 aromatic rings. The molecule has 32 heavy (non-hydrogen) atoms. The van der Waals surface area contributed by atoms with Gasteiger partial charge in [-0.3, -0.25) is 0 Å². The second-order valence-electron chi connectivity index (χ2n) is 10.7. The van der Waals surface area contributed by atoms with Gasteiger partial charge < -0.3 is 23.4 Å². The Morgan fingerprint density at radius 2 is 1.78 bits per heavy atom. The van der Waals surface area contributed by atoms with Gasteiger partial charge in [-0.25, -0.2) is 0 Å². The molecule has 1 saturated heterocycles. The molecule has 3 saturated carbocycles. The lowest BCUT2D eigenvalue weighted by Crippen LogP contribution is -2.56. The van der Waals surface area contributed by atoms with Crippen LogP contribution in [0.5, 0.6) is 11.5 Å². The SMILES string of the molecule is COc1cc(Br)c(C[N+]2(CCOCCC3CC[C@@H]4C[C@H]3C4(C)C)CCOCC2)cc1OC. The van der Waals surface area contributed by atoms with Crippen molar-refractivity contribution >= 4 is 15.9 Å². The molecule has 0 amide bonds. The highest BCUT2D eigenvalue weighted by Crippen LogP contribution is 2.61.